The number of rotatable bonds is 35. The van der Waals surface area contributed by atoms with Crippen LogP contribution in [0.1, 0.15) is 77.8 Å². The predicted octanol–water partition coefficient (Wildman–Crippen LogP) is -5.22. The van der Waals surface area contributed by atoms with Crippen molar-refractivity contribution in [1.82, 2.24) is 47.9 Å². The number of hydrogen-bond donors (Lipinski definition) is 17. The number of aromatic hydroxyl groups is 1. The Labute approximate surface area is 460 Å². The lowest BCUT2D eigenvalue weighted by atomic mass is 10.0. The molecule has 29 nitrogen and oxygen atoms in total. The predicted molar refractivity (Wildman–Crippen MR) is 281 cm³/mol. The Balaban J connectivity index is 2.39. The summed E-state index contributed by atoms with van der Waals surface area (Å²) in [6.45, 7) is 5.09. The zero-order valence-corrected chi connectivity index (χ0v) is 44.9. The topological polar surface area (TPSA) is 487 Å². The van der Waals surface area contributed by atoms with E-state index in [1.807, 2.05) is 0 Å². The van der Waals surface area contributed by atoms with Crippen molar-refractivity contribution in [3.05, 3.63) is 65.7 Å². The minimum Gasteiger partial charge on any atom is -0.508 e. The fraction of sp³-hybridized carbons (Fsp3) is 0.529. The molecule has 0 fully saturated rings. The van der Waals surface area contributed by atoms with Crippen LogP contribution in [0.15, 0.2) is 54.6 Å². The Bertz CT molecular complexity index is 2460. The molecule has 0 aliphatic rings. The van der Waals surface area contributed by atoms with Gasteiger partial charge in [0.05, 0.1) is 32.3 Å². The Morgan fingerprint density at radius 1 is 0.500 bits per heavy atom. The van der Waals surface area contributed by atoms with Gasteiger partial charge in [-0.1, -0.05) is 70.2 Å². The summed E-state index contributed by atoms with van der Waals surface area (Å²) in [5, 5.41) is 79.8. The molecule has 2 rings (SSSR count). The molecule has 10 atom stereocenters. The number of amides is 10. The molecule has 29 heteroatoms. The van der Waals surface area contributed by atoms with Crippen molar-refractivity contribution in [3.63, 3.8) is 0 Å². The highest BCUT2D eigenvalue weighted by Gasteiger charge is 2.36. The summed E-state index contributed by atoms with van der Waals surface area (Å²) in [5.74, 6) is -14.3. The number of carbonyl (C=O) groups excluding carboxylic acids is 10. The van der Waals surface area contributed by atoms with Crippen LogP contribution in [0.5, 0.6) is 5.75 Å². The van der Waals surface area contributed by atoms with E-state index < -0.39 is 177 Å². The summed E-state index contributed by atoms with van der Waals surface area (Å²) in [5.41, 5.74) is 12.0. The van der Waals surface area contributed by atoms with Crippen molar-refractivity contribution in [1.29, 1.82) is 0 Å². The molecular weight excluding hydrogens is 1050 g/mol. The second-order valence-electron chi connectivity index (χ2n) is 19.7. The van der Waals surface area contributed by atoms with Crippen LogP contribution in [0, 0.1) is 11.8 Å². The number of phenolic OH excluding ortho intramolecular Hbond substituents is 1. The number of nitrogens with one attached hydrogen (secondary N) is 9. The number of carboxylic acids is 2. The van der Waals surface area contributed by atoms with E-state index in [2.05, 4.69) is 47.9 Å². The van der Waals surface area contributed by atoms with Gasteiger partial charge in [0, 0.05) is 19.3 Å². The molecule has 0 spiro atoms. The number of carboxylic acid groups (broad SMARTS) is 2. The molecule has 0 aliphatic heterocycles. The van der Waals surface area contributed by atoms with Gasteiger partial charge < -0.3 is 90.0 Å². The smallest absolute Gasteiger partial charge is 0.326 e. The number of aliphatic carboxylic acids is 2. The van der Waals surface area contributed by atoms with Gasteiger partial charge in [-0.15, -0.1) is 0 Å². The fourth-order valence-electron chi connectivity index (χ4n) is 7.52. The molecule has 2 aromatic carbocycles. The van der Waals surface area contributed by atoms with Crippen molar-refractivity contribution in [2.45, 2.75) is 140 Å². The number of nitrogens with two attached hydrogens (primary N) is 2. The van der Waals surface area contributed by atoms with Gasteiger partial charge in [0.25, 0.3) is 0 Å². The summed E-state index contributed by atoms with van der Waals surface area (Å²) in [6.07, 6.45) is -4.18. The fourth-order valence-corrected chi connectivity index (χ4v) is 7.52. The molecule has 442 valence electrons. The molecule has 0 bridgehead atoms. The molecule has 0 saturated heterocycles. The highest BCUT2D eigenvalue weighted by Crippen LogP contribution is 2.14. The first-order valence-corrected chi connectivity index (χ1v) is 25.4. The molecular formula is C51H75N11O18. The number of benzene rings is 2. The minimum absolute atomic E-state index is 0.0389. The summed E-state index contributed by atoms with van der Waals surface area (Å²) >= 11 is 0. The van der Waals surface area contributed by atoms with Crippen LogP contribution in [0.2, 0.25) is 0 Å². The largest absolute Gasteiger partial charge is 0.508 e. The van der Waals surface area contributed by atoms with Gasteiger partial charge in [0.2, 0.25) is 59.1 Å². The lowest BCUT2D eigenvalue weighted by molar-refractivity contribution is -0.143. The average molecular weight is 1130 g/mol. The quantitative estimate of drug-likeness (QED) is 0.0307. The summed E-state index contributed by atoms with van der Waals surface area (Å²) in [4.78, 5) is 157. The molecule has 0 heterocycles. The molecule has 0 aromatic heterocycles. The molecule has 80 heavy (non-hydrogen) atoms. The SMILES string of the molecule is CC(C)C[C@H](NC(=O)[C@H](CO)NC(=O)CNC(=O)[C@H](CC(C)C)NC(=O)[C@H](CCC(=O)O)NC(=O)[C@H](Cc1ccc(O)cc1)NC(=O)[C@H](CO)NC(=O)[C@H](CC(N)=O)NC(=O)[C@H](Cc1ccccc1)NC(=O)[C@@H](N)[C@@H](C)O)C(=O)O. The number of aliphatic hydroxyl groups excluding tert-OH is 3. The third kappa shape index (κ3) is 24.6. The number of primary amides is 1. The first-order chi connectivity index (χ1) is 37.5. The van der Waals surface area contributed by atoms with Crippen LogP contribution < -0.4 is 59.3 Å². The van der Waals surface area contributed by atoms with Gasteiger partial charge in [0.15, 0.2) is 0 Å². The Kier molecular flexibility index (Phi) is 28.7. The van der Waals surface area contributed by atoms with Crippen LogP contribution in [0.4, 0.5) is 0 Å². The Morgan fingerprint density at radius 2 is 0.912 bits per heavy atom. The van der Waals surface area contributed by atoms with Gasteiger partial charge in [-0.05, 0) is 61.3 Å². The molecule has 0 radical (unpaired) electrons. The number of phenols is 1. The Morgan fingerprint density at radius 3 is 1.40 bits per heavy atom. The average Bonchev–Trinajstić information content (AvgIpc) is 3.38. The molecule has 19 N–H and O–H groups in total. The lowest BCUT2D eigenvalue weighted by Gasteiger charge is -2.27. The van der Waals surface area contributed by atoms with E-state index in [-0.39, 0.29) is 42.4 Å². The Hall–Kier alpha value is -8.28. The standard InChI is InChI=1S/C51H75N11O18/c1-25(2)17-32(43(71)54-22-40(68)55-37(23-63)48(76)61-36(51(79)80)18-26(3)4)57-44(72)31(15-16-41(69)70)56-45(73)33(20-29-11-13-30(66)14-12-29)58-49(77)38(24-64)62-47(75)35(21-39(52)67)59-46(74)34(19-28-9-7-6-8-10-28)60-50(78)42(53)27(5)65/h6-14,25-27,31-38,42,63-66H,15-24,53H2,1-5H3,(H2,52,67)(H,54,71)(H,55,68)(H,56,73)(H,57,72)(H,58,77)(H,59,74)(H,60,78)(H,61,76)(H,62,75)(H,69,70)(H,79,80)/t27-,31+,32+,33+,34+,35+,36+,37+,38+,42+/m1/s1. The second kappa shape index (κ2) is 33.9. The van der Waals surface area contributed by atoms with Gasteiger partial charge in [0.1, 0.15) is 60.1 Å². The van der Waals surface area contributed by atoms with E-state index in [1.165, 1.54) is 31.2 Å². The van der Waals surface area contributed by atoms with Crippen molar-refractivity contribution in [2.24, 2.45) is 23.3 Å². The van der Waals surface area contributed by atoms with E-state index in [0.717, 1.165) is 0 Å². The maximum Gasteiger partial charge on any atom is 0.326 e. The highest BCUT2D eigenvalue weighted by molar-refractivity contribution is 5.99. The molecule has 0 unspecified atom stereocenters. The third-order valence-electron chi connectivity index (χ3n) is 11.8. The maximum absolute atomic E-state index is 14.2. The zero-order chi connectivity index (χ0) is 60.4. The first-order valence-electron chi connectivity index (χ1n) is 25.4. The first kappa shape index (κ1) is 67.8. The summed E-state index contributed by atoms with van der Waals surface area (Å²) in [7, 11) is 0. The molecule has 0 aliphatic carbocycles. The van der Waals surface area contributed by atoms with E-state index in [0.29, 0.717) is 5.56 Å². The van der Waals surface area contributed by atoms with Crippen LogP contribution in [0.3, 0.4) is 0 Å². The van der Waals surface area contributed by atoms with Crippen LogP contribution in [0.25, 0.3) is 0 Å². The van der Waals surface area contributed by atoms with Gasteiger partial charge in [-0.25, -0.2) is 4.79 Å². The number of hydrogen-bond acceptors (Lipinski definition) is 17. The van der Waals surface area contributed by atoms with Crippen molar-refractivity contribution in [2.75, 3.05) is 19.8 Å². The highest BCUT2D eigenvalue weighted by atomic mass is 16.4. The normalized spacial score (nSPS) is 14.8. The van der Waals surface area contributed by atoms with Crippen molar-refractivity contribution >= 4 is 71.0 Å². The van der Waals surface area contributed by atoms with Gasteiger partial charge in [-0.3, -0.25) is 52.7 Å². The molecule has 2 aromatic rings. The zero-order valence-electron chi connectivity index (χ0n) is 44.9. The van der Waals surface area contributed by atoms with E-state index in [4.69, 9.17) is 11.5 Å². The molecule has 0 saturated carbocycles. The summed E-state index contributed by atoms with van der Waals surface area (Å²) in [6, 6.07) is -1.17. The minimum atomic E-state index is -1.94. The van der Waals surface area contributed by atoms with Gasteiger partial charge in [-0.2, -0.15) is 0 Å². The van der Waals surface area contributed by atoms with Crippen molar-refractivity contribution < 1.29 is 88.2 Å². The molecule has 10 amide bonds. The van der Waals surface area contributed by atoms with Crippen LogP contribution >= 0.6 is 0 Å². The number of aliphatic hydroxyl groups is 3. The van der Waals surface area contributed by atoms with E-state index in [1.54, 1.807) is 58.0 Å². The third-order valence-corrected chi connectivity index (χ3v) is 11.8. The number of carbonyl (C=O) groups is 12. The van der Waals surface area contributed by atoms with Crippen LogP contribution in [-0.2, 0) is 70.4 Å². The van der Waals surface area contributed by atoms with E-state index in [9.17, 15) is 88.2 Å². The lowest BCUT2D eigenvalue weighted by Crippen LogP contribution is -2.61. The second-order valence-corrected chi connectivity index (χ2v) is 19.7. The van der Waals surface area contributed by atoms with Gasteiger partial charge >= 0.3 is 11.9 Å². The van der Waals surface area contributed by atoms with Crippen LogP contribution in [-0.4, -0.2) is 182 Å². The summed E-state index contributed by atoms with van der Waals surface area (Å²) < 4.78 is 0. The monoisotopic (exact) mass is 1130 g/mol. The maximum atomic E-state index is 14.2. The van der Waals surface area contributed by atoms with E-state index >= 15 is 0 Å². The van der Waals surface area contributed by atoms with Crippen molar-refractivity contribution in [3.8, 4) is 5.75 Å².